The second-order valence-corrected chi connectivity index (χ2v) is 6.17. The summed E-state index contributed by atoms with van der Waals surface area (Å²) in [4.78, 5) is 17.2. The van der Waals surface area contributed by atoms with Crippen LogP contribution < -0.4 is 9.47 Å². The second-order valence-electron chi connectivity index (χ2n) is 6.17. The molecule has 0 saturated heterocycles. The third kappa shape index (κ3) is 2.78. The van der Waals surface area contributed by atoms with Gasteiger partial charge in [-0.2, -0.15) is 5.26 Å². The molecule has 130 valence electrons. The molecule has 1 aliphatic rings. The number of nitrogens with zero attached hydrogens (tertiary/aromatic N) is 2. The van der Waals surface area contributed by atoms with E-state index in [9.17, 15) is 10.1 Å². The molecule has 1 aromatic heterocycles. The molecule has 0 bridgehead atoms. The smallest absolute Gasteiger partial charge is 0.220 e. The molecule has 0 unspecified atom stereocenters. The first kappa shape index (κ1) is 16.2. The number of carbonyl (C=O) groups excluding carboxylic acids is 1. The van der Waals surface area contributed by atoms with Gasteiger partial charge >= 0.3 is 0 Å². The molecule has 6 nitrogen and oxygen atoms in total. The zero-order valence-corrected chi connectivity index (χ0v) is 14.1. The number of ketones is 1. The molecule has 0 spiro atoms. The minimum Gasteiger partial charge on any atom is -0.497 e. The topological polar surface area (TPSA) is 85.4 Å². The van der Waals surface area contributed by atoms with E-state index in [0.717, 1.165) is 5.56 Å². The van der Waals surface area contributed by atoms with E-state index in [2.05, 4.69) is 4.98 Å². The van der Waals surface area contributed by atoms with Gasteiger partial charge in [-0.05, 0) is 30.2 Å². The van der Waals surface area contributed by atoms with Crippen LogP contribution in [-0.2, 0) is 11.2 Å². The van der Waals surface area contributed by atoms with Crippen LogP contribution in [0.1, 0.15) is 17.4 Å². The van der Waals surface area contributed by atoms with Crippen molar-refractivity contribution in [3.8, 4) is 17.6 Å². The summed E-state index contributed by atoms with van der Waals surface area (Å²) in [6.45, 7) is 0.220. The maximum atomic E-state index is 12.9. The van der Waals surface area contributed by atoms with Gasteiger partial charge in [-0.15, -0.1) is 0 Å². The number of methoxy groups -OCH3 is 1. The molecule has 4 rings (SSSR count). The number of nitriles is 1. The van der Waals surface area contributed by atoms with Crippen molar-refractivity contribution in [3.63, 3.8) is 0 Å². The van der Waals surface area contributed by atoms with Crippen LogP contribution in [0.2, 0.25) is 0 Å². The highest BCUT2D eigenvalue weighted by Gasteiger charge is 2.35. The Balaban J connectivity index is 1.58. The van der Waals surface area contributed by atoms with Crippen LogP contribution in [-0.4, -0.2) is 24.5 Å². The Labute approximate surface area is 150 Å². The van der Waals surface area contributed by atoms with Crippen molar-refractivity contribution in [1.82, 2.24) is 4.98 Å². The zero-order chi connectivity index (χ0) is 18.1. The number of para-hydroxylation sites is 2. The summed E-state index contributed by atoms with van der Waals surface area (Å²) in [5.74, 6) is -0.148. The summed E-state index contributed by atoms with van der Waals surface area (Å²) in [5.41, 5.74) is 2.12. The molecule has 26 heavy (non-hydrogen) atoms. The summed E-state index contributed by atoms with van der Waals surface area (Å²) in [6.07, 6.45) is 0.510. The molecule has 2 heterocycles. The standard InChI is InChI=1S/C20H16N2O4/c1-24-14-7-6-12-8-13(11-25-18(12)9-14)19(23)15(10-21)20-22-16-4-2-3-5-17(16)26-20/h2-7,9,13,15H,8,11H2,1H3/t13-,15+/m0/s1. The third-order valence-corrected chi connectivity index (χ3v) is 4.55. The number of rotatable bonds is 4. The van der Waals surface area contributed by atoms with Gasteiger partial charge in [0.1, 0.15) is 17.0 Å². The predicted molar refractivity (Wildman–Crippen MR) is 93.1 cm³/mol. The quantitative estimate of drug-likeness (QED) is 0.719. The Morgan fingerprint density at radius 3 is 2.96 bits per heavy atom. The van der Waals surface area contributed by atoms with E-state index in [1.807, 2.05) is 30.3 Å². The Hall–Kier alpha value is -3.33. The van der Waals surface area contributed by atoms with Crippen LogP contribution in [0, 0.1) is 17.2 Å². The molecule has 0 fully saturated rings. The van der Waals surface area contributed by atoms with Gasteiger partial charge in [0.05, 0.1) is 25.7 Å². The Bertz CT molecular complexity index is 985. The summed E-state index contributed by atoms with van der Waals surface area (Å²) in [6, 6.07) is 14.8. The molecule has 3 aromatic rings. The molecule has 6 heteroatoms. The largest absolute Gasteiger partial charge is 0.497 e. The van der Waals surface area contributed by atoms with E-state index in [-0.39, 0.29) is 18.3 Å². The predicted octanol–water partition coefficient (Wildman–Crippen LogP) is 3.26. The number of oxazole rings is 1. The van der Waals surface area contributed by atoms with Crippen molar-refractivity contribution in [2.75, 3.05) is 13.7 Å². The lowest BCUT2D eigenvalue weighted by Gasteiger charge is -2.25. The van der Waals surface area contributed by atoms with Crippen molar-refractivity contribution >= 4 is 16.9 Å². The minimum absolute atomic E-state index is 0.138. The summed E-state index contributed by atoms with van der Waals surface area (Å²) < 4.78 is 16.5. The lowest BCUT2D eigenvalue weighted by atomic mass is 9.87. The van der Waals surface area contributed by atoms with Crippen LogP contribution in [0.4, 0.5) is 0 Å². The lowest BCUT2D eigenvalue weighted by molar-refractivity contribution is -0.124. The number of aromatic nitrogens is 1. The molecule has 0 radical (unpaired) electrons. The second kappa shape index (κ2) is 6.52. The molecule has 0 N–H and O–H groups in total. The van der Waals surface area contributed by atoms with Crippen LogP contribution in [0.15, 0.2) is 46.9 Å². The fraction of sp³-hybridized carbons (Fsp3) is 0.250. The van der Waals surface area contributed by atoms with Gasteiger partial charge in [0.25, 0.3) is 0 Å². The van der Waals surface area contributed by atoms with E-state index >= 15 is 0 Å². The highest BCUT2D eigenvalue weighted by Crippen LogP contribution is 2.33. The number of hydrogen-bond donors (Lipinski definition) is 0. The molecular weight excluding hydrogens is 332 g/mol. The molecule has 0 amide bonds. The van der Waals surface area contributed by atoms with Gasteiger partial charge in [-0.25, -0.2) is 4.98 Å². The average molecular weight is 348 g/mol. The Morgan fingerprint density at radius 1 is 1.35 bits per heavy atom. The Kier molecular flexibility index (Phi) is 4.05. The van der Waals surface area contributed by atoms with E-state index in [0.29, 0.717) is 29.0 Å². The highest BCUT2D eigenvalue weighted by molar-refractivity contribution is 5.90. The minimum atomic E-state index is -1.05. The fourth-order valence-corrected chi connectivity index (χ4v) is 3.15. The van der Waals surface area contributed by atoms with Gasteiger partial charge in [-0.1, -0.05) is 18.2 Å². The monoisotopic (exact) mass is 348 g/mol. The number of hydrogen-bond acceptors (Lipinski definition) is 6. The van der Waals surface area contributed by atoms with E-state index < -0.39 is 11.8 Å². The van der Waals surface area contributed by atoms with Crippen LogP contribution >= 0.6 is 0 Å². The maximum absolute atomic E-state index is 12.9. The first-order valence-electron chi connectivity index (χ1n) is 8.28. The van der Waals surface area contributed by atoms with Gasteiger partial charge in [-0.3, -0.25) is 4.79 Å². The fourth-order valence-electron chi connectivity index (χ4n) is 3.15. The normalized spacial score (nSPS) is 17.0. The summed E-state index contributed by atoms with van der Waals surface area (Å²) >= 11 is 0. The number of carbonyl (C=O) groups is 1. The first-order valence-corrected chi connectivity index (χ1v) is 8.28. The van der Waals surface area contributed by atoms with Gasteiger partial charge < -0.3 is 13.9 Å². The van der Waals surface area contributed by atoms with Crippen LogP contribution in [0.25, 0.3) is 11.1 Å². The van der Waals surface area contributed by atoms with Crippen molar-refractivity contribution < 1.29 is 18.7 Å². The summed E-state index contributed by atoms with van der Waals surface area (Å²) in [7, 11) is 1.59. The zero-order valence-electron chi connectivity index (χ0n) is 14.1. The van der Waals surface area contributed by atoms with Crippen LogP contribution in [0.5, 0.6) is 11.5 Å². The molecule has 0 saturated carbocycles. The number of ether oxygens (including phenoxy) is 2. The summed E-state index contributed by atoms with van der Waals surface area (Å²) in [5, 5.41) is 9.54. The number of Topliss-reactive ketones (excluding diaryl/α,β-unsaturated/α-hetero) is 1. The average Bonchev–Trinajstić information content (AvgIpc) is 3.11. The van der Waals surface area contributed by atoms with Gasteiger partial charge in [0, 0.05) is 6.07 Å². The molecular formula is C20H16N2O4. The molecule has 1 aliphatic heterocycles. The molecule has 2 aromatic carbocycles. The maximum Gasteiger partial charge on any atom is 0.220 e. The SMILES string of the molecule is COc1ccc2c(c1)OC[C@@H](C(=O)[C@@H](C#N)c1nc3ccccc3o1)C2. The third-order valence-electron chi connectivity index (χ3n) is 4.55. The molecule has 0 aliphatic carbocycles. The van der Waals surface area contributed by atoms with E-state index in [1.165, 1.54) is 0 Å². The number of benzene rings is 2. The Morgan fingerprint density at radius 2 is 2.19 bits per heavy atom. The van der Waals surface area contributed by atoms with E-state index in [1.54, 1.807) is 25.3 Å². The van der Waals surface area contributed by atoms with E-state index in [4.69, 9.17) is 13.9 Å². The highest BCUT2D eigenvalue weighted by atomic mass is 16.5. The van der Waals surface area contributed by atoms with Gasteiger partial charge in [0.15, 0.2) is 17.3 Å². The van der Waals surface area contributed by atoms with Crippen molar-refractivity contribution in [3.05, 3.63) is 53.9 Å². The van der Waals surface area contributed by atoms with Crippen LogP contribution in [0.3, 0.4) is 0 Å². The first-order chi connectivity index (χ1) is 12.7. The van der Waals surface area contributed by atoms with Crippen molar-refractivity contribution in [2.45, 2.75) is 12.3 Å². The molecule has 2 atom stereocenters. The van der Waals surface area contributed by atoms with Gasteiger partial charge in [0.2, 0.25) is 5.89 Å². The van der Waals surface area contributed by atoms with Crippen molar-refractivity contribution in [1.29, 1.82) is 5.26 Å². The number of fused-ring (bicyclic) bond motifs is 2. The van der Waals surface area contributed by atoms with Crippen molar-refractivity contribution in [2.24, 2.45) is 5.92 Å². The lowest BCUT2D eigenvalue weighted by Crippen LogP contribution is -2.31.